The average molecular weight is 702 g/mol. The molecule has 0 atom stereocenters. The van der Waals surface area contributed by atoms with E-state index < -0.39 is 0 Å². The third-order valence-corrected chi connectivity index (χ3v) is 8.68. The smallest absolute Gasteiger partial charge is 0.246 e. The minimum Gasteiger partial charge on any atom is -0.490 e. The fourth-order valence-electron chi connectivity index (χ4n) is 5.86. The number of hydrogen-bond donors (Lipinski definition) is 0. The average Bonchev–Trinajstić information content (AvgIpc) is 3.16. The second kappa shape index (κ2) is 17.4. The van der Waals surface area contributed by atoms with E-state index in [1.807, 2.05) is 49.1 Å². The van der Waals surface area contributed by atoms with Gasteiger partial charge in [-0.05, 0) is 114 Å². The fourth-order valence-corrected chi connectivity index (χ4v) is 5.86. The van der Waals surface area contributed by atoms with Gasteiger partial charge in [0, 0.05) is 44.9 Å². The molecule has 0 spiro atoms. The summed E-state index contributed by atoms with van der Waals surface area (Å²) in [5.74, 6) is 1.80. The molecule has 52 heavy (non-hydrogen) atoms. The van der Waals surface area contributed by atoms with Crippen LogP contribution in [0.15, 0.2) is 115 Å². The molecular weight excluding hydrogens is 660 g/mol. The number of halogens is 2. The number of aromatic nitrogens is 1. The van der Waals surface area contributed by atoms with Gasteiger partial charge in [0.1, 0.15) is 42.1 Å². The number of amides is 1. The van der Waals surface area contributed by atoms with E-state index in [0.717, 1.165) is 47.5 Å². The predicted molar refractivity (Wildman–Crippen MR) is 199 cm³/mol. The van der Waals surface area contributed by atoms with Gasteiger partial charge in [0.15, 0.2) is 0 Å². The van der Waals surface area contributed by atoms with Crippen molar-refractivity contribution in [1.82, 2.24) is 14.8 Å². The Balaban J connectivity index is 0.930. The van der Waals surface area contributed by atoms with Crippen molar-refractivity contribution in [1.29, 1.82) is 0 Å². The molecule has 0 N–H and O–H groups in total. The van der Waals surface area contributed by atoms with Crippen molar-refractivity contribution < 1.29 is 27.8 Å². The number of carbonyl (C=O) groups is 1. The zero-order valence-electron chi connectivity index (χ0n) is 29.3. The number of rotatable bonds is 13. The number of nitrogens with zero attached hydrogens (tertiary/aromatic N) is 3. The Bertz CT molecular complexity index is 1960. The van der Waals surface area contributed by atoms with Crippen molar-refractivity contribution in [3.05, 3.63) is 160 Å². The van der Waals surface area contributed by atoms with E-state index in [2.05, 4.69) is 34.1 Å². The second-order valence-electron chi connectivity index (χ2n) is 12.7. The van der Waals surface area contributed by atoms with Crippen LogP contribution < -0.4 is 14.2 Å². The lowest BCUT2D eigenvalue weighted by Gasteiger charge is -2.34. The van der Waals surface area contributed by atoms with Crippen molar-refractivity contribution >= 4 is 18.1 Å². The predicted octanol–water partition coefficient (Wildman–Crippen LogP) is 8.80. The molecule has 0 bridgehead atoms. The minimum absolute atomic E-state index is 0.000710. The van der Waals surface area contributed by atoms with Crippen LogP contribution in [0.25, 0.3) is 12.2 Å². The number of carbonyl (C=O) groups excluding carboxylic acids is 1. The van der Waals surface area contributed by atoms with Crippen LogP contribution >= 0.6 is 0 Å². The van der Waals surface area contributed by atoms with Crippen LogP contribution in [0.5, 0.6) is 23.1 Å². The molecule has 1 saturated heterocycles. The molecule has 1 aromatic heterocycles. The molecule has 0 aliphatic carbocycles. The zero-order valence-corrected chi connectivity index (χ0v) is 29.3. The molecule has 0 radical (unpaired) electrons. The number of hydrogen-bond acceptors (Lipinski definition) is 6. The Kier molecular flexibility index (Phi) is 12.1. The Hall–Kier alpha value is -5.80. The van der Waals surface area contributed by atoms with Crippen molar-refractivity contribution in [3.63, 3.8) is 0 Å². The van der Waals surface area contributed by atoms with Crippen LogP contribution in [0, 0.1) is 25.5 Å². The molecule has 6 rings (SSSR count). The minimum atomic E-state index is -0.282. The third kappa shape index (κ3) is 10.4. The van der Waals surface area contributed by atoms with Crippen molar-refractivity contribution in [2.45, 2.75) is 27.0 Å². The summed E-state index contributed by atoms with van der Waals surface area (Å²) < 4.78 is 43.6. The van der Waals surface area contributed by atoms with Crippen LogP contribution in [-0.2, 0) is 17.9 Å². The first-order chi connectivity index (χ1) is 25.3. The van der Waals surface area contributed by atoms with Gasteiger partial charge < -0.3 is 19.1 Å². The first-order valence-electron chi connectivity index (χ1n) is 17.2. The second-order valence-corrected chi connectivity index (χ2v) is 12.7. The molecule has 1 aliphatic heterocycles. The van der Waals surface area contributed by atoms with Crippen LogP contribution in [0.1, 0.15) is 33.4 Å². The van der Waals surface area contributed by atoms with Gasteiger partial charge in [-0.25, -0.2) is 13.8 Å². The highest BCUT2D eigenvalue weighted by atomic mass is 19.1. The number of aryl methyl sites for hydroxylation is 2. The molecule has 1 aliphatic rings. The van der Waals surface area contributed by atoms with E-state index in [-0.39, 0.29) is 17.5 Å². The van der Waals surface area contributed by atoms with Gasteiger partial charge >= 0.3 is 0 Å². The van der Waals surface area contributed by atoms with Crippen LogP contribution in [-0.4, -0.2) is 53.5 Å². The normalized spacial score (nSPS) is 13.5. The van der Waals surface area contributed by atoms with E-state index in [1.54, 1.807) is 48.7 Å². The maximum absolute atomic E-state index is 13.1. The van der Waals surface area contributed by atoms with E-state index in [4.69, 9.17) is 14.2 Å². The number of ether oxygens (including phenoxy) is 3. The largest absolute Gasteiger partial charge is 0.490 e. The highest BCUT2D eigenvalue weighted by molar-refractivity contribution is 5.92. The summed E-state index contributed by atoms with van der Waals surface area (Å²) in [5.41, 5.74) is 5.94. The monoisotopic (exact) mass is 701 g/mol. The summed E-state index contributed by atoms with van der Waals surface area (Å²) in [7, 11) is 0. The Morgan fingerprint density at radius 2 is 1.37 bits per heavy atom. The topological polar surface area (TPSA) is 64.1 Å². The van der Waals surface area contributed by atoms with Gasteiger partial charge in [0.25, 0.3) is 0 Å². The lowest BCUT2D eigenvalue weighted by atomic mass is 10.1. The van der Waals surface area contributed by atoms with Gasteiger partial charge in [-0.3, -0.25) is 9.69 Å². The van der Waals surface area contributed by atoms with E-state index in [0.29, 0.717) is 49.4 Å². The van der Waals surface area contributed by atoms with Crippen molar-refractivity contribution in [2.24, 2.45) is 0 Å². The number of pyridine rings is 1. The fraction of sp³-hybridized carbons (Fsp3) is 0.209. The third-order valence-electron chi connectivity index (χ3n) is 8.68. The number of piperazine rings is 1. The summed E-state index contributed by atoms with van der Waals surface area (Å²) in [6.45, 7) is 8.44. The highest BCUT2D eigenvalue weighted by Gasteiger charge is 2.20. The van der Waals surface area contributed by atoms with E-state index in [1.165, 1.54) is 29.8 Å². The molecule has 0 saturated carbocycles. The quantitative estimate of drug-likeness (QED) is 0.114. The first-order valence-corrected chi connectivity index (χ1v) is 17.2. The summed E-state index contributed by atoms with van der Waals surface area (Å²) in [6, 6.07) is 28.1. The molecule has 7 nitrogen and oxygen atoms in total. The van der Waals surface area contributed by atoms with E-state index >= 15 is 0 Å². The zero-order chi connectivity index (χ0) is 36.3. The summed E-state index contributed by atoms with van der Waals surface area (Å²) >= 11 is 0. The molecule has 0 unspecified atom stereocenters. The van der Waals surface area contributed by atoms with Crippen LogP contribution in [0.3, 0.4) is 0 Å². The maximum Gasteiger partial charge on any atom is 0.246 e. The van der Waals surface area contributed by atoms with Crippen LogP contribution in [0.2, 0.25) is 0 Å². The SMILES string of the molecule is Cc1cc(C=CC(=O)N2CCN(Cc3ccc(C=CCOc4ccc(F)cc4)cc3)CC2)cc(C)c1Oc1ccc(OCc2ccc(F)cc2)cn1. The van der Waals surface area contributed by atoms with Gasteiger partial charge in [-0.1, -0.05) is 42.5 Å². The summed E-state index contributed by atoms with van der Waals surface area (Å²) in [5, 5.41) is 0. The van der Waals surface area contributed by atoms with E-state index in [9.17, 15) is 13.6 Å². The van der Waals surface area contributed by atoms with Gasteiger partial charge in [0.2, 0.25) is 11.8 Å². The molecule has 1 amide bonds. The Morgan fingerprint density at radius 3 is 2.02 bits per heavy atom. The molecule has 1 fully saturated rings. The molecular formula is C43H41F2N3O4. The Morgan fingerprint density at radius 1 is 0.731 bits per heavy atom. The van der Waals surface area contributed by atoms with Crippen LogP contribution in [0.4, 0.5) is 8.78 Å². The van der Waals surface area contributed by atoms with Crippen molar-refractivity contribution in [2.75, 3.05) is 32.8 Å². The molecule has 2 heterocycles. The van der Waals surface area contributed by atoms with Crippen molar-refractivity contribution in [3.8, 4) is 23.1 Å². The molecule has 266 valence electrons. The highest BCUT2D eigenvalue weighted by Crippen LogP contribution is 2.30. The molecule has 9 heteroatoms. The summed E-state index contributed by atoms with van der Waals surface area (Å²) in [4.78, 5) is 21.7. The Labute approximate surface area is 303 Å². The first kappa shape index (κ1) is 36.0. The molecule has 5 aromatic rings. The van der Waals surface area contributed by atoms with Gasteiger partial charge in [-0.15, -0.1) is 0 Å². The summed E-state index contributed by atoms with van der Waals surface area (Å²) in [6.07, 6.45) is 9.04. The lowest BCUT2D eigenvalue weighted by Crippen LogP contribution is -2.47. The maximum atomic E-state index is 13.1. The van der Waals surface area contributed by atoms with Gasteiger partial charge in [0.05, 0.1) is 6.20 Å². The lowest BCUT2D eigenvalue weighted by molar-refractivity contribution is -0.127. The molecule has 4 aromatic carbocycles. The standard InChI is InChI=1S/C43H41F2N3O4/c1-31-26-36(27-32(2)43(31)52-41-19-18-40(28-46-41)51-30-35-9-12-37(44)13-10-35)11-20-42(49)48-23-21-47(22-24-48)29-34-7-5-33(6-8-34)4-3-25-50-39-16-14-38(45)15-17-39/h3-20,26-28H,21-25,29-30H2,1-2H3. The van der Waals surface area contributed by atoms with Gasteiger partial charge in [-0.2, -0.15) is 0 Å². The number of benzene rings is 4.